The van der Waals surface area contributed by atoms with Gasteiger partial charge >= 0.3 is 0 Å². The number of rotatable bonds is 7. The van der Waals surface area contributed by atoms with Crippen LogP contribution >= 0.6 is 15.9 Å². The number of hydrogen-bond acceptors (Lipinski definition) is 5. The Hall–Kier alpha value is -2.87. The molecule has 0 spiro atoms. The van der Waals surface area contributed by atoms with Gasteiger partial charge in [0.05, 0.1) is 25.8 Å². The Bertz CT molecular complexity index is 1060. The molecule has 0 saturated heterocycles. The molecule has 7 nitrogen and oxygen atoms in total. The second-order valence-corrected chi connectivity index (χ2v) is 6.95. The van der Waals surface area contributed by atoms with Crippen molar-refractivity contribution in [1.82, 2.24) is 15.1 Å². The van der Waals surface area contributed by atoms with Gasteiger partial charge < -0.3 is 14.8 Å². The Morgan fingerprint density at radius 3 is 2.64 bits per heavy atom. The highest BCUT2D eigenvalue weighted by Gasteiger charge is 2.11. The zero-order chi connectivity index (χ0) is 20.1. The van der Waals surface area contributed by atoms with E-state index in [4.69, 9.17) is 9.47 Å². The van der Waals surface area contributed by atoms with Crippen molar-refractivity contribution in [2.75, 3.05) is 20.8 Å². The lowest BCUT2D eigenvalue weighted by molar-refractivity contribution is -0.121. The predicted molar refractivity (Wildman–Crippen MR) is 110 cm³/mol. The predicted octanol–water partition coefficient (Wildman–Crippen LogP) is 2.54. The lowest BCUT2D eigenvalue weighted by Crippen LogP contribution is -2.34. The van der Waals surface area contributed by atoms with Crippen molar-refractivity contribution < 1.29 is 14.3 Å². The highest BCUT2D eigenvalue weighted by Crippen LogP contribution is 2.33. The van der Waals surface area contributed by atoms with Gasteiger partial charge in [-0.3, -0.25) is 9.59 Å². The van der Waals surface area contributed by atoms with Gasteiger partial charge in [0.15, 0.2) is 11.5 Å². The molecule has 0 aliphatic rings. The van der Waals surface area contributed by atoms with E-state index >= 15 is 0 Å². The quantitative estimate of drug-likeness (QED) is 0.603. The van der Waals surface area contributed by atoms with Crippen LogP contribution in [0.2, 0.25) is 0 Å². The number of methoxy groups -OCH3 is 2. The van der Waals surface area contributed by atoms with E-state index < -0.39 is 0 Å². The third-order valence-electron chi connectivity index (χ3n) is 4.32. The Kier molecular flexibility index (Phi) is 6.30. The second kappa shape index (κ2) is 8.88. The molecule has 1 N–H and O–H groups in total. The average Bonchev–Trinajstić information content (AvgIpc) is 2.71. The van der Waals surface area contributed by atoms with Crippen LogP contribution in [0.3, 0.4) is 0 Å². The number of halogens is 1. The van der Waals surface area contributed by atoms with Crippen LogP contribution in [0, 0.1) is 0 Å². The van der Waals surface area contributed by atoms with E-state index in [0.29, 0.717) is 29.9 Å². The summed E-state index contributed by atoms with van der Waals surface area (Å²) in [7, 11) is 3.15. The van der Waals surface area contributed by atoms with E-state index in [1.165, 1.54) is 4.68 Å². The summed E-state index contributed by atoms with van der Waals surface area (Å²) < 4.78 is 12.6. The van der Waals surface area contributed by atoms with E-state index in [-0.39, 0.29) is 18.0 Å². The maximum Gasteiger partial charge on any atom is 0.275 e. The third-order valence-corrected chi connectivity index (χ3v) is 5.06. The molecule has 1 aromatic heterocycles. The molecule has 3 rings (SSSR count). The van der Waals surface area contributed by atoms with Crippen LogP contribution in [-0.4, -0.2) is 36.5 Å². The second-order valence-electron chi connectivity index (χ2n) is 6.09. The first-order chi connectivity index (χ1) is 13.5. The monoisotopic (exact) mass is 445 g/mol. The average molecular weight is 446 g/mol. The fourth-order valence-corrected chi connectivity index (χ4v) is 3.38. The molecule has 0 unspecified atom stereocenters. The first-order valence-corrected chi connectivity index (χ1v) is 9.44. The number of carbonyl (C=O) groups is 1. The molecule has 8 heteroatoms. The molecule has 0 aliphatic heterocycles. The Morgan fingerprint density at radius 1 is 1.18 bits per heavy atom. The standard InChI is InChI=1S/C20H20BrN3O4/c1-27-17-9-13(16(21)10-18(17)28-2)7-8-22-19(25)12-24-20(26)15-6-4-3-5-14(15)11-23-24/h3-6,9-11H,7-8,12H2,1-2H3,(H,22,25). The van der Waals surface area contributed by atoms with Crippen molar-refractivity contribution in [3.05, 3.63) is 63.0 Å². The molecule has 0 radical (unpaired) electrons. The lowest BCUT2D eigenvalue weighted by Gasteiger charge is -2.12. The number of aromatic nitrogens is 2. The fraction of sp³-hybridized carbons (Fsp3) is 0.250. The van der Waals surface area contributed by atoms with Crippen LogP contribution in [0.4, 0.5) is 0 Å². The fourth-order valence-electron chi connectivity index (χ4n) is 2.86. The molecule has 1 heterocycles. The molecule has 0 saturated carbocycles. The molecular formula is C20H20BrN3O4. The van der Waals surface area contributed by atoms with Crippen LogP contribution < -0.4 is 20.3 Å². The molecule has 3 aromatic rings. The van der Waals surface area contributed by atoms with Gasteiger partial charge in [-0.1, -0.05) is 34.1 Å². The van der Waals surface area contributed by atoms with Crippen LogP contribution in [0.25, 0.3) is 10.8 Å². The zero-order valence-electron chi connectivity index (χ0n) is 15.6. The summed E-state index contributed by atoms with van der Waals surface area (Å²) in [6.45, 7) is 0.284. The van der Waals surface area contributed by atoms with Crippen molar-refractivity contribution >= 4 is 32.6 Å². The SMILES string of the molecule is COc1cc(Br)c(CCNC(=O)Cn2ncc3ccccc3c2=O)cc1OC. The first-order valence-electron chi connectivity index (χ1n) is 8.65. The first kappa shape index (κ1) is 19.9. The number of fused-ring (bicyclic) bond motifs is 1. The van der Waals surface area contributed by atoms with Gasteiger partial charge in [-0.25, -0.2) is 4.68 Å². The van der Waals surface area contributed by atoms with E-state index in [9.17, 15) is 9.59 Å². The largest absolute Gasteiger partial charge is 0.493 e. The molecule has 0 atom stereocenters. The zero-order valence-corrected chi connectivity index (χ0v) is 17.2. The number of nitrogens with one attached hydrogen (secondary N) is 1. The Morgan fingerprint density at radius 2 is 1.89 bits per heavy atom. The summed E-state index contributed by atoms with van der Waals surface area (Å²) in [5, 5.41) is 8.18. The Balaban J connectivity index is 1.63. The maximum atomic E-state index is 12.4. The highest BCUT2D eigenvalue weighted by atomic mass is 79.9. The topological polar surface area (TPSA) is 82.5 Å². The molecule has 0 aliphatic carbocycles. The van der Waals surface area contributed by atoms with E-state index in [0.717, 1.165) is 15.4 Å². The number of amides is 1. The van der Waals surface area contributed by atoms with Crippen LogP contribution in [0.15, 0.2) is 51.9 Å². The summed E-state index contributed by atoms with van der Waals surface area (Å²) in [4.78, 5) is 24.7. The molecule has 1 amide bonds. The molecule has 0 fully saturated rings. The number of ether oxygens (including phenoxy) is 2. The van der Waals surface area contributed by atoms with Crippen molar-refractivity contribution in [1.29, 1.82) is 0 Å². The van der Waals surface area contributed by atoms with E-state index in [1.807, 2.05) is 24.3 Å². The van der Waals surface area contributed by atoms with Gasteiger partial charge in [-0.15, -0.1) is 0 Å². The summed E-state index contributed by atoms with van der Waals surface area (Å²) in [6.07, 6.45) is 2.18. The molecule has 2 aromatic carbocycles. The van der Waals surface area contributed by atoms with Crippen LogP contribution in [0.5, 0.6) is 11.5 Å². The lowest BCUT2D eigenvalue weighted by atomic mass is 10.1. The number of carbonyl (C=O) groups excluding carboxylic acids is 1. The summed E-state index contributed by atoms with van der Waals surface area (Å²) in [5.41, 5.74) is 0.690. The van der Waals surface area contributed by atoms with Gasteiger partial charge in [0, 0.05) is 16.4 Å². The van der Waals surface area contributed by atoms with Gasteiger partial charge in [-0.05, 0) is 30.2 Å². The minimum Gasteiger partial charge on any atom is -0.493 e. The summed E-state index contributed by atoms with van der Waals surface area (Å²) >= 11 is 3.50. The maximum absolute atomic E-state index is 12.4. The third kappa shape index (κ3) is 4.33. The van der Waals surface area contributed by atoms with Gasteiger partial charge in [0.25, 0.3) is 5.56 Å². The molecule has 0 bridgehead atoms. The van der Waals surface area contributed by atoms with E-state index in [2.05, 4.69) is 26.3 Å². The van der Waals surface area contributed by atoms with Crippen molar-refractivity contribution in [3.8, 4) is 11.5 Å². The smallest absolute Gasteiger partial charge is 0.275 e. The van der Waals surface area contributed by atoms with Crippen molar-refractivity contribution in [2.45, 2.75) is 13.0 Å². The summed E-state index contributed by atoms with van der Waals surface area (Å²) in [5.74, 6) is 0.976. The summed E-state index contributed by atoms with van der Waals surface area (Å²) in [6, 6.07) is 10.9. The van der Waals surface area contributed by atoms with Crippen molar-refractivity contribution in [3.63, 3.8) is 0 Å². The molecular weight excluding hydrogens is 426 g/mol. The number of hydrogen-bond donors (Lipinski definition) is 1. The van der Waals surface area contributed by atoms with Gasteiger partial charge in [0.2, 0.25) is 5.91 Å². The van der Waals surface area contributed by atoms with E-state index in [1.54, 1.807) is 32.5 Å². The highest BCUT2D eigenvalue weighted by molar-refractivity contribution is 9.10. The van der Waals surface area contributed by atoms with Gasteiger partial charge in [0.1, 0.15) is 6.54 Å². The Labute approximate surface area is 170 Å². The van der Waals surface area contributed by atoms with Crippen molar-refractivity contribution in [2.24, 2.45) is 0 Å². The molecule has 146 valence electrons. The van der Waals surface area contributed by atoms with Crippen LogP contribution in [0.1, 0.15) is 5.56 Å². The number of benzene rings is 2. The number of nitrogens with zero attached hydrogens (tertiary/aromatic N) is 2. The normalized spacial score (nSPS) is 10.7. The minimum absolute atomic E-state index is 0.128. The minimum atomic E-state index is -0.282. The van der Waals surface area contributed by atoms with Crippen LogP contribution in [-0.2, 0) is 17.8 Å². The van der Waals surface area contributed by atoms with Gasteiger partial charge in [-0.2, -0.15) is 5.10 Å². The molecule has 28 heavy (non-hydrogen) atoms.